The van der Waals surface area contributed by atoms with Gasteiger partial charge in [-0.3, -0.25) is 4.90 Å². The highest BCUT2D eigenvalue weighted by Crippen LogP contribution is 2.31. The molecule has 2 heterocycles. The molecule has 1 aromatic rings. The second-order valence-electron chi connectivity index (χ2n) is 5.91. The predicted octanol–water partition coefficient (Wildman–Crippen LogP) is 4.24. The van der Waals surface area contributed by atoms with E-state index in [0.717, 1.165) is 28.1 Å². The molecule has 1 N–H and O–H groups in total. The molecule has 0 aromatic heterocycles. The zero-order valence-electron chi connectivity index (χ0n) is 11.6. The molecule has 0 aliphatic carbocycles. The summed E-state index contributed by atoms with van der Waals surface area (Å²) in [6.07, 6.45) is 5.30. The summed E-state index contributed by atoms with van der Waals surface area (Å²) in [5, 5.41) is 4.49. The number of nitrogens with zero attached hydrogens (tertiary/aromatic N) is 1. The van der Waals surface area contributed by atoms with Crippen LogP contribution in [0.4, 0.5) is 0 Å². The first-order valence-corrected chi connectivity index (χ1v) is 8.19. The maximum Gasteiger partial charge on any atom is 0.0417 e. The van der Waals surface area contributed by atoms with Crippen LogP contribution >= 0.6 is 39.9 Å². The Hall–Kier alpha value is 0.200. The van der Waals surface area contributed by atoms with E-state index in [1.807, 2.05) is 12.1 Å². The number of piperidine rings is 1. The molecule has 2 saturated heterocycles. The molecule has 2 atom stereocenters. The third kappa shape index (κ3) is 3.69. The van der Waals surface area contributed by atoms with E-state index in [0.29, 0.717) is 6.04 Å². The minimum atomic E-state index is 0. The molecule has 0 spiro atoms. The van der Waals surface area contributed by atoms with Gasteiger partial charge in [0.2, 0.25) is 0 Å². The zero-order valence-corrected chi connectivity index (χ0v) is 14.8. The van der Waals surface area contributed by atoms with Gasteiger partial charge in [-0.25, -0.2) is 0 Å². The summed E-state index contributed by atoms with van der Waals surface area (Å²) in [5.74, 6) is 0. The Morgan fingerprint density at radius 3 is 2.55 bits per heavy atom. The van der Waals surface area contributed by atoms with Crippen LogP contribution in [0.1, 0.15) is 31.2 Å². The van der Waals surface area contributed by atoms with Crippen LogP contribution in [-0.2, 0) is 6.54 Å². The van der Waals surface area contributed by atoms with Gasteiger partial charge in [0.1, 0.15) is 0 Å². The third-order valence-corrected chi connectivity index (χ3v) is 5.48. The number of halogens is 3. The van der Waals surface area contributed by atoms with Gasteiger partial charge in [0.15, 0.2) is 0 Å². The predicted molar refractivity (Wildman–Crippen MR) is 90.8 cm³/mol. The van der Waals surface area contributed by atoms with Crippen LogP contribution in [0.15, 0.2) is 22.7 Å². The largest absolute Gasteiger partial charge is 0.311 e. The lowest BCUT2D eigenvalue weighted by atomic mass is 9.98. The van der Waals surface area contributed by atoms with E-state index in [4.69, 9.17) is 11.6 Å². The summed E-state index contributed by atoms with van der Waals surface area (Å²) in [7, 11) is 2.25. The molecule has 1 aromatic carbocycles. The van der Waals surface area contributed by atoms with Crippen molar-refractivity contribution in [2.75, 3.05) is 7.05 Å². The van der Waals surface area contributed by atoms with Gasteiger partial charge in [0.25, 0.3) is 0 Å². The SMILES string of the molecule is CN(Cc1ccc(Cl)cc1Br)C1CC2CCC(C1)N2.Cl. The molecule has 20 heavy (non-hydrogen) atoms. The Labute approximate surface area is 140 Å². The van der Waals surface area contributed by atoms with Crippen LogP contribution in [-0.4, -0.2) is 30.1 Å². The average Bonchev–Trinajstić information content (AvgIpc) is 2.71. The molecule has 0 saturated carbocycles. The first-order chi connectivity index (χ1) is 9.11. The molecule has 2 unspecified atom stereocenters. The van der Waals surface area contributed by atoms with Crippen molar-refractivity contribution in [3.8, 4) is 0 Å². The normalized spacial score (nSPS) is 28.5. The standard InChI is InChI=1S/C15H20BrClN2.ClH/c1-19(9-10-2-3-11(17)6-15(10)16)14-7-12-4-5-13(8-14)18-12;/h2-3,6,12-14,18H,4-5,7-9H2,1H3;1H. The second-order valence-corrected chi connectivity index (χ2v) is 7.20. The molecule has 2 aliphatic heterocycles. The Bertz CT molecular complexity index is 457. The van der Waals surface area contributed by atoms with Crippen molar-refractivity contribution < 1.29 is 0 Å². The van der Waals surface area contributed by atoms with E-state index in [-0.39, 0.29) is 12.4 Å². The Morgan fingerprint density at radius 2 is 1.95 bits per heavy atom. The van der Waals surface area contributed by atoms with E-state index in [1.165, 1.54) is 31.2 Å². The fraction of sp³-hybridized carbons (Fsp3) is 0.600. The summed E-state index contributed by atoms with van der Waals surface area (Å²) in [6.45, 7) is 0.988. The summed E-state index contributed by atoms with van der Waals surface area (Å²) in [6, 6.07) is 8.29. The van der Waals surface area contributed by atoms with Crippen molar-refractivity contribution >= 4 is 39.9 Å². The van der Waals surface area contributed by atoms with Gasteiger partial charge in [0, 0.05) is 34.2 Å². The highest BCUT2D eigenvalue weighted by Gasteiger charge is 2.34. The fourth-order valence-electron chi connectivity index (χ4n) is 3.43. The van der Waals surface area contributed by atoms with E-state index in [1.54, 1.807) is 0 Å². The lowest BCUT2D eigenvalue weighted by molar-refractivity contribution is 0.165. The van der Waals surface area contributed by atoms with Gasteiger partial charge in [-0.05, 0) is 50.4 Å². The molecule has 0 radical (unpaired) electrons. The summed E-state index contributed by atoms with van der Waals surface area (Å²) >= 11 is 9.61. The van der Waals surface area contributed by atoms with Crippen LogP contribution in [0.2, 0.25) is 5.02 Å². The highest BCUT2D eigenvalue weighted by atomic mass is 79.9. The van der Waals surface area contributed by atoms with E-state index in [2.05, 4.69) is 39.3 Å². The van der Waals surface area contributed by atoms with Crippen molar-refractivity contribution in [2.24, 2.45) is 0 Å². The topological polar surface area (TPSA) is 15.3 Å². The Morgan fingerprint density at radius 1 is 1.30 bits per heavy atom. The van der Waals surface area contributed by atoms with Gasteiger partial charge < -0.3 is 5.32 Å². The van der Waals surface area contributed by atoms with Crippen molar-refractivity contribution in [2.45, 2.75) is 50.4 Å². The Kier molecular flexibility index (Phi) is 5.78. The zero-order chi connectivity index (χ0) is 13.4. The maximum atomic E-state index is 6.00. The third-order valence-electron chi connectivity index (χ3n) is 4.51. The van der Waals surface area contributed by atoms with Crippen molar-refractivity contribution in [3.05, 3.63) is 33.3 Å². The number of nitrogens with one attached hydrogen (secondary N) is 1. The molecule has 2 bridgehead atoms. The second kappa shape index (κ2) is 6.97. The van der Waals surface area contributed by atoms with E-state index >= 15 is 0 Å². The maximum absolute atomic E-state index is 6.00. The van der Waals surface area contributed by atoms with Crippen LogP contribution < -0.4 is 5.32 Å². The first-order valence-electron chi connectivity index (χ1n) is 7.02. The van der Waals surface area contributed by atoms with Gasteiger partial charge in [-0.1, -0.05) is 33.6 Å². The number of rotatable bonds is 3. The quantitative estimate of drug-likeness (QED) is 0.844. The summed E-state index contributed by atoms with van der Waals surface area (Å²) in [4.78, 5) is 2.50. The minimum Gasteiger partial charge on any atom is -0.311 e. The van der Waals surface area contributed by atoms with Crippen molar-refractivity contribution in [3.63, 3.8) is 0 Å². The molecular weight excluding hydrogens is 359 g/mol. The van der Waals surface area contributed by atoms with Gasteiger partial charge in [-0.2, -0.15) is 0 Å². The van der Waals surface area contributed by atoms with Gasteiger partial charge in [0.05, 0.1) is 0 Å². The monoisotopic (exact) mass is 378 g/mol. The van der Waals surface area contributed by atoms with E-state index < -0.39 is 0 Å². The molecule has 2 aliphatic rings. The number of fused-ring (bicyclic) bond motifs is 2. The lowest BCUT2D eigenvalue weighted by Crippen LogP contribution is -2.46. The minimum absolute atomic E-state index is 0. The molecule has 3 rings (SSSR count). The average molecular weight is 380 g/mol. The van der Waals surface area contributed by atoms with E-state index in [9.17, 15) is 0 Å². The lowest BCUT2D eigenvalue weighted by Gasteiger charge is -2.35. The van der Waals surface area contributed by atoms with Crippen molar-refractivity contribution in [1.82, 2.24) is 10.2 Å². The number of hydrogen-bond acceptors (Lipinski definition) is 2. The first kappa shape index (κ1) is 16.6. The number of hydrogen-bond donors (Lipinski definition) is 1. The van der Waals surface area contributed by atoms with Crippen LogP contribution in [0.25, 0.3) is 0 Å². The molecule has 5 heteroatoms. The Balaban J connectivity index is 0.00000147. The summed E-state index contributed by atoms with van der Waals surface area (Å²) in [5.41, 5.74) is 1.32. The molecular formula is C15H21BrCl2N2. The highest BCUT2D eigenvalue weighted by molar-refractivity contribution is 9.10. The summed E-state index contributed by atoms with van der Waals surface area (Å²) < 4.78 is 1.11. The van der Waals surface area contributed by atoms with Crippen LogP contribution in [0.3, 0.4) is 0 Å². The van der Waals surface area contributed by atoms with Crippen molar-refractivity contribution in [1.29, 1.82) is 0 Å². The van der Waals surface area contributed by atoms with Gasteiger partial charge in [-0.15, -0.1) is 12.4 Å². The molecule has 2 fully saturated rings. The molecule has 2 nitrogen and oxygen atoms in total. The molecule has 0 amide bonds. The van der Waals surface area contributed by atoms with Crippen LogP contribution in [0.5, 0.6) is 0 Å². The smallest absolute Gasteiger partial charge is 0.0417 e. The van der Waals surface area contributed by atoms with Gasteiger partial charge >= 0.3 is 0 Å². The van der Waals surface area contributed by atoms with Crippen LogP contribution in [0, 0.1) is 0 Å². The molecule has 112 valence electrons. The fourth-order valence-corrected chi connectivity index (χ4v) is 4.24. The number of benzene rings is 1.